The molecule has 1 aliphatic carbocycles. The van der Waals surface area contributed by atoms with Crippen molar-refractivity contribution in [3.63, 3.8) is 0 Å². The van der Waals surface area contributed by atoms with Crippen LogP contribution in [0.25, 0.3) is 0 Å². The third kappa shape index (κ3) is 4.20. The Hall–Kier alpha value is -2.09. The number of carbonyl (C=O) groups excluding carboxylic acids is 2. The maximum Gasteiger partial charge on any atom is 0.243 e. The van der Waals surface area contributed by atoms with E-state index in [1.54, 1.807) is 6.92 Å². The zero-order chi connectivity index (χ0) is 16.3. The summed E-state index contributed by atoms with van der Waals surface area (Å²) in [7, 11) is 0. The van der Waals surface area contributed by atoms with Crippen LogP contribution in [0.1, 0.15) is 19.8 Å². The van der Waals surface area contributed by atoms with Crippen molar-refractivity contribution in [1.29, 1.82) is 0 Å². The summed E-state index contributed by atoms with van der Waals surface area (Å²) >= 11 is 0. The molecular formula is C14H16F3N3O2. The summed E-state index contributed by atoms with van der Waals surface area (Å²) in [4.78, 5) is 23.3. The largest absolute Gasteiger partial charge is 0.346 e. The van der Waals surface area contributed by atoms with Crippen molar-refractivity contribution < 1.29 is 22.8 Å². The minimum absolute atomic E-state index is 0.339. The van der Waals surface area contributed by atoms with E-state index < -0.39 is 41.6 Å². The zero-order valence-corrected chi connectivity index (χ0v) is 11.9. The van der Waals surface area contributed by atoms with Crippen molar-refractivity contribution in [1.82, 2.24) is 10.6 Å². The van der Waals surface area contributed by atoms with Gasteiger partial charge in [-0.3, -0.25) is 9.59 Å². The van der Waals surface area contributed by atoms with Gasteiger partial charge in [-0.2, -0.15) is 0 Å². The highest BCUT2D eigenvalue weighted by atomic mass is 19.2. The third-order valence-electron chi connectivity index (χ3n) is 3.19. The Bertz CT molecular complexity index is 591. The van der Waals surface area contributed by atoms with Crippen LogP contribution in [0.5, 0.6) is 0 Å². The van der Waals surface area contributed by atoms with Crippen LogP contribution >= 0.6 is 0 Å². The van der Waals surface area contributed by atoms with E-state index in [0.717, 1.165) is 18.9 Å². The Kier molecular flexibility index (Phi) is 5.02. The monoisotopic (exact) mass is 315 g/mol. The molecule has 0 radical (unpaired) electrons. The normalized spacial score (nSPS) is 15.3. The number of halogens is 3. The summed E-state index contributed by atoms with van der Waals surface area (Å²) in [5.41, 5.74) is -0.484. The highest BCUT2D eigenvalue weighted by Gasteiger charge is 2.25. The van der Waals surface area contributed by atoms with E-state index in [2.05, 4.69) is 16.0 Å². The van der Waals surface area contributed by atoms with Crippen molar-refractivity contribution in [3.05, 3.63) is 29.6 Å². The molecule has 3 N–H and O–H groups in total. The average Bonchev–Trinajstić information content (AvgIpc) is 3.29. The van der Waals surface area contributed by atoms with E-state index in [4.69, 9.17) is 0 Å². The number of benzene rings is 1. The van der Waals surface area contributed by atoms with Gasteiger partial charge in [0.2, 0.25) is 11.8 Å². The number of nitrogens with one attached hydrogen (secondary N) is 3. The van der Waals surface area contributed by atoms with Crippen LogP contribution in [-0.2, 0) is 9.59 Å². The maximum atomic E-state index is 13.4. The molecule has 2 rings (SSSR count). The Balaban J connectivity index is 1.82. The minimum Gasteiger partial charge on any atom is -0.346 e. The maximum absolute atomic E-state index is 13.4. The molecule has 1 aromatic rings. The van der Waals surface area contributed by atoms with E-state index in [-0.39, 0.29) is 5.91 Å². The Morgan fingerprint density at radius 3 is 2.55 bits per heavy atom. The Labute approximate surface area is 125 Å². The lowest BCUT2D eigenvalue weighted by Crippen LogP contribution is -2.45. The lowest BCUT2D eigenvalue weighted by molar-refractivity contribution is -0.125. The molecule has 1 aromatic carbocycles. The number of anilines is 1. The zero-order valence-electron chi connectivity index (χ0n) is 11.9. The number of amides is 2. The second-order valence-corrected chi connectivity index (χ2v) is 5.15. The Morgan fingerprint density at radius 1 is 1.23 bits per heavy atom. The van der Waals surface area contributed by atoms with Crippen LogP contribution in [0, 0.1) is 17.5 Å². The summed E-state index contributed by atoms with van der Waals surface area (Å²) < 4.78 is 39.1. The summed E-state index contributed by atoms with van der Waals surface area (Å²) in [6, 6.07) is 1.50. The average molecular weight is 315 g/mol. The first kappa shape index (κ1) is 16.3. The molecule has 0 saturated heterocycles. The quantitative estimate of drug-likeness (QED) is 0.693. The molecule has 0 spiro atoms. The molecular weight excluding hydrogens is 299 g/mol. The predicted molar refractivity (Wildman–Crippen MR) is 73.6 cm³/mol. The molecule has 8 heteroatoms. The van der Waals surface area contributed by atoms with Crippen molar-refractivity contribution in [2.24, 2.45) is 0 Å². The fourth-order valence-corrected chi connectivity index (χ4v) is 1.82. The Morgan fingerprint density at radius 2 is 1.91 bits per heavy atom. The molecule has 0 aromatic heterocycles. The van der Waals surface area contributed by atoms with E-state index in [0.29, 0.717) is 12.1 Å². The van der Waals surface area contributed by atoms with Crippen molar-refractivity contribution in [2.45, 2.75) is 31.8 Å². The van der Waals surface area contributed by atoms with Gasteiger partial charge in [-0.05, 0) is 31.9 Å². The van der Waals surface area contributed by atoms with Gasteiger partial charge in [0.05, 0.1) is 18.3 Å². The number of rotatable bonds is 6. The highest BCUT2D eigenvalue weighted by molar-refractivity contribution is 5.95. The standard InChI is InChI=1S/C14H16F3N3O2/c1-7(19-8-2-3-8)14(22)18-6-11(21)20-10-5-4-9(15)12(16)13(10)17/h4-5,7-8,19H,2-3,6H2,1H3,(H,18,22)(H,20,21). The molecule has 2 amide bonds. The first-order valence-corrected chi connectivity index (χ1v) is 6.85. The van der Waals surface area contributed by atoms with Crippen molar-refractivity contribution >= 4 is 17.5 Å². The van der Waals surface area contributed by atoms with Crippen LogP contribution in [0.2, 0.25) is 0 Å². The van der Waals surface area contributed by atoms with Gasteiger partial charge < -0.3 is 16.0 Å². The molecule has 0 heterocycles. The van der Waals surface area contributed by atoms with Crippen LogP contribution < -0.4 is 16.0 Å². The first-order chi connectivity index (χ1) is 10.4. The molecule has 120 valence electrons. The minimum atomic E-state index is -1.66. The molecule has 0 aliphatic heterocycles. The van der Waals surface area contributed by atoms with Crippen molar-refractivity contribution in [2.75, 3.05) is 11.9 Å². The lowest BCUT2D eigenvalue weighted by atomic mass is 10.2. The van der Waals surface area contributed by atoms with Crippen LogP contribution in [0.4, 0.5) is 18.9 Å². The number of hydrogen-bond acceptors (Lipinski definition) is 3. The van der Waals surface area contributed by atoms with Gasteiger partial charge >= 0.3 is 0 Å². The van der Waals surface area contributed by atoms with Gasteiger partial charge in [0.1, 0.15) is 0 Å². The van der Waals surface area contributed by atoms with E-state index in [1.165, 1.54) is 0 Å². The molecule has 1 fully saturated rings. The predicted octanol–water partition coefficient (Wildman–Crippen LogP) is 1.30. The van der Waals surface area contributed by atoms with Gasteiger partial charge in [0, 0.05) is 6.04 Å². The molecule has 5 nitrogen and oxygen atoms in total. The topological polar surface area (TPSA) is 70.2 Å². The molecule has 1 unspecified atom stereocenters. The molecule has 1 atom stereocenters. The van der Waals surface area contributed by atoms with Crippen LogP contribution in [0.15, 0.2) is 12.1 Å². The van der Waals surface area contributed by atoms with Crippen LogP contribution in [-0.4, -0.2) is 30.4 Å². The van der Waals surface area contributed by atoms with Gasteiger partial charge in [-0.1, -0.05) is 0 Å². The van der Waals surface area contributed by atoms with Crippen molar-refractivity contribution in [3.8, 4) is 0 Å². The van der Waals surface area contributed by atoms with E-state index in [9.17, 15) is 22.8 Å². The number of carbonyl (C=O) groups is 2. The van der Waals surface area contributed by atoms with Gasteiger partial charge in [0.25, 0.3) is 0 Å². The van der Waals surface area contributed by atoms with Crippen LogP contribution in [0.3, 0.4) is 0 Å². The SMILES string of the molecule is CC(NC1CC1)C(=O)NCC(=O)Nc1ccc(F)c(F)c1F. The first-order valence-electron chi connectivity index (χ1n) is 6.85. The smallest absolute Gasteiger partial charge is 0.243 e. The fourth-order valence-electron chi connectivity index (χ4n) is 1.82. The van der Waals surface area contributed by atoms with Gasteiger partial charge in [-0.25, -0.2) is 13.2 Å². The van der Waals surface area contributed by atoms with E-state index >= 15 is 0 Å². The second-order valence-electron chi connectivity index (χ2n) is 5.15. The molecule has 22 heavy (non-hydrogen) atoms. The van der Waals surface area contributed by atoms with Gasteiger partial charge in [0.15, 0.2) is 17.5 Å². The summed E-state index contributed by atoms with van der Waals surface area (Å²) in [5, 5.41) is 7.50. The summed E-state index contributed by atoms with van der Waals surface area (Å²) in [5.74, 6) is -5.60. The highest BCUT2D eigenvalue weighted by Crippen LogP contribution is 2.20. The lowest BCUT2D eigenvalue weighted by Gasteiger charge is -2.13. The molecule has 1 aliphatic rings. The summed E-state index contributed by atoms with van der Waals surface area (Å²) in [6.45, 7) is 1.27. The fraction of sp³-hybridized carbons (Fsp3) is 0.429. The molecule has 0 bridgehead atoms. The third-order valence-corrected chi connectivity index (χ3v) is 3.19. The van der Waals surface area contributed by atoms with Gasteiger partial charge in [-0.15, -0.1) is 0 Å². The number of hydrogen-bond donors (Lipinski definition) is 3. The summed E-state index contributed by atoms with van der Waals surface area (Å²) in [6.07, 6.45) is 2.04. The molecule has 1 saturated carbocycles. The van der Waals surface area contributed by atoms with E-state index in [1.807, 2.05) is 0 Å². The second kappa shape index (κ2) is 6.78.